The van der Waals surface area contributed by atoms with Crippen molar-refractivity contribution >= 4 is 5.91 Å². The molecule has 0 bridgehead atoms. The zero-order valence-corrected chi connectivity index (χ0v) is 20.9. The molecule has 0 saturated carbocycles. The molecule has 1 aromatic rings. The highest BCUT2D eigenvalue weighted by atomic mass is 16.2. The predicted molar refractivity (Wildman–Crippen MR) is 140 cm³/mol. The number of likely N-dealkylation sites (tertiary alicyclic amines) is 1. The largest absolute Gasteiger partial charge is 0.334 e. The molecule has 0 spiro atoms. The molecule has 5 nitrogen and oxygen atoms in total. The molecule has 3 aliphatic rings. The summed E-state index contributed by atoms with van der Waals surface area (Å²) in [5.41, 5.74) is 8.54. The molecule has 34 heavy (non-hydrogen) atoms. The van der Waals surface area contributed by atoms with Gasteiger partial charge >= 0.3 is 0 Å². The Bertz CT molecular complexity index is 937. The quantitative estimate of drug-likeness (QED) is 0.520. The minimum Gasteiger partial charge on any atom is -0.334 e. The standard InChI is InChI=1S/C29H40N4O/c1-4-6-10-27-23(3)30-33(29(34)28-11-7-8-19-32(27)28)20-9-18-31-21-16-26(17-22-31)25-14-12-24(5-2)13-15-25/h4,7-8,11-15,19,26,28,30H,1,5-6,9-10,16-18,20-22H2,2-3H3. The molecule has 1 fully saturated rings. The number of nitrogens with one attached hydrogen (secondary N) is 1. The van der Waals surface area contributed by atoms with Crippen molar-refractivity contribution in [2.45, 2.75) is 64.3 Å². The molecular weight excluding hydrogens is 420 g/mol. The summed E-state index contributed by atoms with van der Waals surface area (Å²) in [7, 11) is 0. The second-order valence-electron chi connectivity index (χ2n) is 9.64. The molecule has 1 N–H and O–H groups in total. The van der Waals surface area contributed by atoms with Gasteiger partial charge in [0.15, 0.2) is 0 Å². The minimum absolute atomic E-state index is 0.114. The van der Waals surface area contributed by atoms with E-state index < -0.39 is 0 Å². The first-order chi connectivity index (χ1) is 16.6. The number of rotatable bonds is 9. The number of hydrogen-bond acceptors (Lipinski definition) is 4. The molecule has 0 aromatic heterocycles. The number of allylic oxidation sites excluding steroid dienone is 5. The zero-order chi connectivity index (χ0) is 23.9. The average Bonchev–Trinajstić information content (AvgIpc) is 2.98. The molecule has 5 heteroatoms. The van der Waals surface area contributed by atoms with Crippen molar-refractivity contribution in [2.75, 3.05) is 26.2 Å². The van der Waals surface area contributed by atoms with Crippen molar-refractivity contribution in [3.8, 4) is 0 Å². The molecule has 0 radical (unpaired) electrons. The van der Waals surface area contributed by atoms with Crippen LogP contribution in [0.5, 0.6) is 0 Å². The summed E-state index contributed by atoms with van der Waals surface area (Å²) in [6, 6.07) is 8.94. The maximum absolute atomic E-state index is 13.3. The number of piperidine rings is 1. The van der Waals surface area contributed by atoms with Gasteiger partial charge in [0.1, 0.15) is 6.04 Å². The fourth-order valence-corrected chi connectivity index (χ4v) is 5.32. The number of fused-ring (bicyclic) bond motifs is 1. The van der Waals surface area contributed by atoms with Gasteiger partial charge in [-0.3, -0.25) is 15.2 Å². The second-order valence-corrected chi connectivity index (χ2v) is 9.64. The van der Waals surface area contributed by atoms with Crippen molar-refractivity contribution in [1.82, 2.24) is 20.2 Å². The first-order valence-corrected chi connectivity index (χ1v) is 12.9. The topological polar surface area (TPSA) is 38.8 Å². The van der Waals surface area contributed by atoms with Crippen LogP contribution < -0.4 is 5.43 Å². The molecular formula is C29H40N4O. The highest BCUT2D eigenvalue weighted by Crippen LogP contribution is 2.29. The maximum atomic E-state index is 13.3. The van der Waals surface area contributed by atoms with Gasteiger partial charge in [-0.15, -0.1) is 6.58 Å². The SMILES string of the molecule is C=CCCC1=C(C)NN(CCCN2CCC(c3ccc(CC)cc3)CC2)C(=O)C2C=CC=CN12. The molecule has 4 rings (SSSR count). The van der Waals surface area contributed by atoms with Gasteiger partial charge in [0.25, 0.3) is 5.91 Å². The average molecular weight is 461 g/mol. The summed E-state index contributed by atoms with van der Waals surface area (Å²) in [6.45, 7) is 12.2. The second kappa shape index (κ2) is 11.6. The van der Waals surface area contributed by atoms with Crippen molar-refractivity contribution in [2.24, 2.45) is 0 Å². The maximum Gasteiger partial charge on any atom is 0.267 e. The smallest absolute Gasteiger partial charge is 0.267 e. The van der Waals surface area contributed by atoms with E-state index in [2.05, 4.69) is 59.9 Å². The molecule has 3 aliphatic heterocycles. The lowest BCUT2D eigenvalue weighted by Gasteiger charge is -2.33. The zero-order valence-electron chi connectivity index (χ0n) is 20.9. The number of nitrogens with zero attached hydrogens (tertiary/aromatic N) is 3. The number of benzene rings is 1. The summed E-state index contributed by atoms with van der Waals surface area (Å²) in [6.07, 6.45) is 16.2. The van der Waals surface area contributed by atoms with Crippen LogP contribution in [0.1, 0.15) is 63.0 Å². The van der Waals surface area contributed by atoms with E-state index in [1.54, 1.807) is 0 Å². The predicted octanol–water partition coefficient (Wildman–Crippen LogP) is 5.12. The third kappa shape index (κ3) is 5.64. The molecule has 3 heterocycles. The normalized spacial score (nSPS) is 21.5. The molecule has 1 saturated heterocycles. The van der Waals surface area contributed by atoms with Gasteiger partial charge in [0, 0.05) is 24.1 Å². The fourth-order valence-electron chi connectivity index (χ4n) is 5.32. The first kappa shape index (κ1) is 24.3. The van der Waals surface area contributed by atoms with E-state index in [4.69, 9.17) is 0 Å². The molecule has 1 atom stereocenters. The van der Waals surface area contributed by atoms with Gasteiger partial charge in [0.2, 0.25) is 0 Å². The van der Waals surface area contributed by atoms with Crippen LogP contribution in [0.25, 0.3) is 0 Å². The van der Waals surface area contributed by atoms with Crippen LogP contribution in [0.15, 0.2) is 72.7 Å². The summed E-state index contributed by atoms with van der Waals surface area (Å²) in [5.74, 6) is 0.790. The number of aryl methyl sites for hydroxylation is 1. The Morgan fingerprint density at radius 1 is 1.12 bits per heavy atom. The molecule has 182 valence electrons. The Labute approximate surface area is 205 Å². The summed E-state index contributed by atoms with van der Waals surface area (Å²) in [4.78, 5) is 18.0. The number of amides is 1. The van der Waals surface area contributed by atoms with Crippen LogP contribution in [0.4, 0.5) is 0 Å². The lowest BCUT2D eigenvalue weighted by atomic mass is 9.89. The Morgan fingerprint density at radius 2 is 1.88 bits per heavy atom. The third-order valence-corrected chi connectivity index (χ3v) is 7.41. The number of carbonyl (C=O) groups is 1. The summed E-state index contributed by atoms with van der Waals surface area (Å²) >= 11 is 0. The van der Waals surface area contributed by atoms with Crippen molar-refractivity contribution in [1.29, 1.82) is 0 Å². The van der Waals surface area contributed by atoms with Crippen LogP contribution in [0.3, 0.4) is 0 Å². The van der Waals surface area contributed by atoms with Gasteiger partial charge in [-0.2, -0.15) is 0 Å². The highest BCUT2D eigenvalue weighted by molar-refractivity contribution is 5.85. The van der Waals surface area contributed by atoms with Crippen molar-refractivity contribution < 1.29 is 4.79 Å². The van der Waals surface area contributed by atoms with Crippen LogP contribution in [0.2, 0.25) is 0 Å². The Kier molecular flexibility index (Phi) is 8.28. The molecule has 1 amide bonds. The fraction of sp³-hybridized carbons (Fsp3) is 0.483. The van der Waals surface area contributed by atoms with Gasteiger partial charge < -0.3 is 9.80 Å². The Morgan fingerprint density at radius 3 is 2.59 bits per heavy atom. The Balaban J connectivity index is 1.30. The van der Waals surface area contributed by atoms with Gasteiger partial charge in [-0.1, -0.05) is 49.4 Å². The van der Waals surface area contributed by atoms with Crippen LogP contribution in [-0.4, -0.2) is 52.9 Å². The Hall–Kier alpha value is -2.79. The lowest BCUT2D eigenvalue weighted by molar-refractivity contribution is -0.136. The van der Waals surface area contributed by atoms with Crippen molar-refractivity contribution in [3.05, 3.63) is 83.9 Å². The van der Waals surface area contributed by atoms with E-state index in [9.17, 15) is 4.79 Å². The monoisotopic (exact) mass is 460 g/mol. The molecule has 0 aliphatic carbocycles. The van der Waals surface area contributed by atoms with Crippen LogP contribution >= 0.6 is 0 Å². The van der Waals surface area contributed by atoms with Gasteiger partial charge in [0.05, 0.1) is 0 Å². The van der Waals surface area contributed by atoms with Crippen LogP contribution in [0, 0.1) is 0 Å². The van der Waals surface area contributed by atoms with E-state index >= 15 is 0 Å². The van der Waals surface area contributed by atoms with Crippen LogP contribution in [-0.2, 0) is 11.2 Å². The lowest BCUT2D eigenvalue weighted by Crippen LogP contribution is -2.49. The third-order valence-electron chi connectivity index (χ3n) is 7.41. The van der Waals surface area contributed by atoms with Gasteiger partial charge in [-0.05, 0) is 88.2 Å². The summed E-state index contributed by atoms with van der Waals surface area (Å²) < 4.78 is 0. The van der Waals surface area contributed by atoms with Gasteiger partial charge in [-0.25, -0.2) is 0 Å². The van der Waals surface area contributed by atoms with E-state index in [1.165, 1.54) is 24.0 Å². The van der Waals surface area contributed by atoms with E-state index in [-0.39, 0.29) is 11.9 Å². The number of hydrazine groups is 1. The molecule has 1 unspecified atom stereocenters. The van der Waals surface area contributed by atoms with E-state index in [0.29, 0.717) is 12.5 Å². The highest BCUT2D eigenvalue weighted by Gasteiger charge is 2.33. The van der Waals surface area contributed by atoms with Crippen molar-refractivity contribution in [3.63, 3.8) is 0 Å². The minimum atomic E-state index is -0.274. The number of carbonyl (C=O) groups excluding carboxylic acids is 1. The number of hydrogen-bond donors (Lipinski definition) is 1. The van der Waals surface area contributed by atoms with E-state index in [1.807, 2.05) is 35.5 Å². The summed E-state index contributed by atoms with van der Waals surface area (Å²) in [5, 5.41) is 1.83. The van der Waals surface area contributed by atoms with E-state index in [0.717, 1.165) is 56.7 Å². The molecule has 1 aromatic carbocycles. The first-order valence-electron chi connectivity index (χ1n) is 12.9.